The lowest BCUT2D eigenvalue weighted by atomic mass is 9.89. The number of hydrogen-bond donors (Lipinski definition) is 4. The molecule has 1 aromatic rings. The van der Waals surface area contributed by atoms with Crippen molar-refractivity contribution >= 4 is 5.97 Å². The first-order chi connectivity index (χ1) is 9.35. The summed E-state index contributed by atoms with van der Waals surface area (Å²) in [6.45, 7) is 1.49. The Hall–Kier alpha value is -2.11. The fourth-order valence-corrected chi connectivity index (χ4v) is 1.60. The van der Waals surface area contributed by atoms with Crippen molar-refractivity contribution in [3.05, 3.63) is 59.9 Å². The van der Waals surface area contributed by atoms with Gasteiger partial charge in [0, 0.05) is 6.42 Å². The van der Waals surface area contributed by atoms with Crippen LogP contribution in [0.25, 0.3) is 0 Å². The third kappa shape index (κ3) is 4.53. The monoisotopic (exact) mass is 278 g/mol. The Morgan fingerprint density at radius 3 is 2.25 bits per heavy atom. The van der Waals surface area contributed by atoms with E-state index >= 15 is 0 Å². The molecule has 0 aromatic heterocycles. The molecule has 0 fully saturated rings. The molecule has 1 aromatic carbocycles. The molecule has 4 N–H and O–H groups in total. The summed E-state index contributed by atoms with van der Waals surface area (Å²) in [4.78, 5) is 10.2. The maximum Gasteiger partial charge on any atom is 0.335 e. The van der Waals surface area contributed by atoms with Gasteiger partial charge < -0.3 is 20.4 Å². The van der Waals surface area contributed by atoms with Crippen molar-refractivity contribution in [3.63, 3.8) is 0 Å². The molecule has 0 amide bonds. The lowest BCUT2D eigenvalue weighted by Gasteiger charge is -2.28. The highest BCUT2D eigenvalue weighted by Crippen LogP contribution is 2.24. The van der Waals surface area contributed by atoms with Crippen LogP contribution in [-0.4, -0.2) is 38.1 Å². The van der Waals surface area contributed by atoms with Gasteiger partial charge in [-0.15, -0.1) is 0 Å². The van der Waals surface area contributed by atoms with Crippen LogP contribution in [0.3, 0.4) is 0 Å². The molecule has 0 aliphatic heterocycles. The molecule has 0 heterocycles. The Labute approximate surface area is 117 Å². The Balaban J connectivity index is 0.000000204. The number of rotatable bonds is 2. The zero-order valence-electron chi connectivity index (χ0n) is 11.1. The molecule has 2 unspecified atom stereocenters. The van der Waals surface area contributed by atoms with Crippen LogP contribution in [0.15, 0.2) is 54.3 Å². The quantitative estimate of drug-likeness (QED) is 0.662. The van der Waals surface area contributed by atoms with Crippen molar-refractivity contribution in [2.45, 2.75) is 25.0 Å². The van der Waals surface area contributed by atoms with Crippen LogP contribution in [0.1, 0.15) is 23.7 Å². The molecule has 0 radical (unpaired) electrons. The normalized spacial score (nSPS) is 22.2. The average Bonchev–Trinajstić information content (AvgIpc) is 2.40. The molecule has 1 aliphatic carbocycles. The van der Waals surface area contributed by atoms with E-state index in [9.17, 15) is 9.90 Å². The largest absolute Gasteiger partial charge is 0.512 e. The predicted octanol–water partition coefficient (Wildman–Crippen LogP) is 1.88. The van der Waals surface area contributed by atoms with Crippen LogP contribution < -0.4 is 0 Å². The van der Waals surface area contributed by atoms with Gasteiger partial charge in [0.1, 0.15) is 5.60 Å². The standard InChI is InChI=1S/C8H12O3.C7H6O2/c1-6(9)8(11)4-2-3-7(10)5-8;8-7(9)6-4-2-1-3-5-6/h2-4,6,9-11H,5H2,1H3;1-5H,(H,8,9). The molecule has 20 heavy (non-hydrogen) atoms. The van der Waals surface area contributed by atoms with Gasteiger partial charge in [0.05, 0.1) is 17.4 Å². The summed E-state index contributed by atoms with van der Waals surface area (Å²) < 4.78 is 0. The lowest BCUT2D eigenvalue weighted by Crippen LogP contribution is -2.39. The number of aliphatic hydroxyl groups excluding tert-OH is 2. The van der Waals surface area contributed by atoms with Crippen molar-refractivity contribution in [1.82, 2.24) is 0 Å². The summed E-state index contributed by atoms with van der Waals surface area (Å²) in [5.74, 6) is -0.786. The maximum atomic E-state index is 10.2. The van der Waals surface area contributed by atoms with Gasteiger partial charge in [0.25, 0.3) is 0 Å². The number of carboxylic acids is 1. The van der Waals surface area contributed by atoms with Crippen LogP contribution in [0.4, 0.5) is 0 Å². The van der Waals surface area contributed by atoms with Gasteiger partial charge in [-0.25, -0.2) is 4.79 Å². The third-order valence-corrected chi connectivity index (χ3v) is 2.88. The second-order valence-corrected chi connectivity index (χ2v) is 4.53. The average molecular weight is 278 g/mol. The fraction of sp³-hybridized carbons (Fsp3) is 0.267. The minimum Gasteiger partial charge on any atom is -0.512 e. The first kappa shape index (κ1) is 15.9. The highest BCUT2D eigenvalue weighted by molar-refractivity contribution is 5.87. The Morgan fingerprint density at radius 2 is 1.90 bits per heavy atom. The zero-order valence-corrected chi connectivity index (χ0v) is 11.1. The molecule has 1 aliphatic rings. The first-order valence-electron chi connectivity index (χ1n) is 6.11. The van der Waals surface area contributed by atoms with E-state index in [1.165, 1.54) is 25.2 Å². The molecule has 2 rings (SSSR count). The van der Waals surface area contributed by atoms with E-state index in [0.29, 0.717) is 5.56 Å². The first-order valence-corrected chi connectivity index (χ1v) is 6.11. The summed E-state index contributed by atoms with van der Waals surface area (Å²) in [6, 6.07) is 8.30. The van der Waals surface area contributed by atoms with Gasteiger partial charge in [-0.05, 0) is 31.2 Å². The van der Waals surface area contributed by atoms with E-state index in [-0.39, 0.29) is 12.2 Å². The molecule has 5 nitrogen and oxygen atoms in total. The molecule has 0 saturated carbocycles. The van der Waals surface area contributed by atoms with Gasteiger partial charge >= 0.3 is 5.97 Å². The smallest absolute Gasteiger partial charge is 0.335 e. The second kappa shape index (κ2) is 6.88. The zero-order chi connectivity index (χ0) is 15.2. The minimum absolute atomic E-state index is 0.0845. The lowest BCUT2D eigenvalue weighted by molar-refractivity contribution is -0.0353. The molecule has 108 valence electrons. The second-order valence-electron chi connectivity index (χ2n) is 4.53. The summed E-state index contributed by atoms with van der Waals surface area (Å²) in [5.41, 5.74) is -0.962. The SMILES string of the molecule is CC(O)C1(O)C=CC=C(O)C1.O=C(O)c1ccccc1. The van der Waals surface area contributed by atoms with Crippen molar-refractivity contribution < 1.29 is 25.2 Å². The number of aromatic carboxylic acids is 1. The molecule has 2 atom stereocenters. The molecule has 5 heteroatoms. The van der Waals surface area contributed by atoms with Crippen molar-refractivity contribution in [2.24, 2.45) is 0 Å². The van der Waals surface area contributed by atoms with E-state index in [1.54, 1.807) is 30.3 Å². The molecular weight excluding hydrogens is 260 g/mol. The fourth-order valence-electron chi connectivity index (χ4n) is 1.60. The van der Waals surface area contributed by atoms with Crippen molar-refractivity contribution in [2.75, 3.05) is 0 Å². The van der Waals surface area contributed by atoms with Crippen molar-refractivity contribution in [3.8, 4) is 0 Å². The summed E-state index contributed by atoms with van der Waals surface area (Å²) in [5, 5.41) is 36.1. The highest BCUT2D eigenvalue weighted by Gasteiger charge is 2.32. The van der Waals surface area contributed by atoms with Gasteiger partial charge in [-0.2, -0.15) is 0 Å². The number of aliphatic hydroxyl groups is 3. The molecule has 0 bridgehead atoms. The number of hydrogen-bond acceptors (Lipinski definition) is 4. The number of allylic oxidation sites excluding steroid dienone is 2. The van der Waals surface area contributed by atoms with E-state index < -0.39 is 17.7 Å². The topological polar surface area (TPSA) is 98.0 Å². The molecule has 0 spiro atoms. The van der Waals surface area contributed by atoms with E-state index in [4.69, 9.17) is 15.3 Å². The molecular formula is C15H18O5. The van der Waals surface area contributed by atoms with E-state index in [0.717, 1.165) is 0 Å². The van der Waals surface area contributed by atoms with E-state index in [2.05, 4.69) is 0 Å². The number of carboxylic acid groups (broad SMARTS) is 1. The highest BCUT2D eigenvalue weighted by atomic mass is 16.4. The van der Waals surface area contributed by atoms with Gasteiger partial charge in [-0.3, -0.25) is 0 Å². The molecule has 0 saturated heterocycles. The van der Waals surface area contributed by atoms with Gasteiger partial charge in [0.2, 0.25) is 0 Å². The number of benzene rings is 1. The Kier molecular flexibility index (Phi) is 5.49. The summed E-state index contributed by atoms with van der Waals surface area (Å²) in [7, 11) is 0. The van der Waals surface area contributed by atoms with Gasteiger partial charge in [0.15, 0.2) is 0 Å². The third-order valence-electron chi connectivity index (χ3n) is 2.88. The Bertz CT molecular complexity index is 504. The van der Waals surface area contributed by atoms with Crippen LogP contribution in [0, 0.1) is 0 Å². The van der Waals surface area contributed by atoms with E-state index in [1.807, 2.05) is 0 Å². The maximum absolute atomic E-state index is 10.2. The van der Waals surface area contributed by atoms with Crippen LogP contribution >= 0.6 is 0 Å². The minimum atomic E-state index is -1.29. The van der Waals surface area contributed by atoms with Crippen LogP contribution in [0.2, 0.25) is 0 Å². The van der Waals surface area contributed by atoms with Crippen LogP contribution in [-0.2, 0) is 0 Å². The van der Waals surface area contributed by atoms with Crippen LogP contribution in [0.5, 0.6) is 0 Å². The van der Waals surface area contributed by atoms with Gasteiger partial charge in [-0.1, -0.05) is 24.3 Å². The summed E-state index contributed by atoms with van der Waals surface area (Å²) in [6.07, 6.45) is 3.73. The number of carbonyl (C=O) groups is 1. The summed E-state index contributed by atoms with van der Waals surface area (Å²) >= 11 is 0. The van der Waals surface area contributed by atoms with Crippen molar-refractivity contribution in [1.29, 1.82) is 0 Å². The Morgan fingerprint density at radius 1 is 1.30 bits per heavy atom. The predicted molar refractivity (Wildman–Crippen MR) is 74.5 cm³/mol.